The fourth-order valence-corrected chi connectivity index (χ4v) is 3.18. The van der Waals surface area contributed by atoms with Crippen molar-refractivity contribution in [3.63, 3.8) is 0 Å². The third-order valence-corrected chi connectivity index (χ3v) is 4.71. The summed E-state index contributed by atoms with van der Waals surface area (Å²) < 4.78 is 38.1. The maximum atomic E-state index is 12.8. The molecule has 1 aliphatic carbocycles. The first-order chi connectivity index (χ1) is 12.0. The lowest BCUT2D eigenvalue weighted by Gasteiger charge is -2.19. The van der Waals surface area contributed by atoms with Crippen LogP contribution in [-0.2, 0) is 13.1 Å². The highest BCUT2D eigenvalue weighted by Gasteiger charge is 2.31. The topological polar surface area (TPSA) is 58.1 Å². The second-order valence-electron chi connectivity index (χ2n) is 5.86. The van der Waals surface area contributed by atoms with Gasteiger partial charge in [0.05, 0.1) is 13.1 Å². The van der Waals surface area contributed by atoms with Gasteiger partial charge in [0, 0.05) is 12.6 Å². The van der Waals surface area contributed by atoms with Crippen LogP contribution in [0, 0.1) is 5.82 Å². The van der Waals surface area contributed by atoms with Crippen molar-refractivity contribution in [1.29, 1.82) is 0 Å². The molecule has 1 aromatic carbocycles. The minimum absolute atomic E-state index is 0.175. The first-order valence-electron chi connectivity index (χ1n) is 7.88. The third-order valence-electron chi connectivity index (χ3n) is 3.80. The summed E-state index contributed by atoms with van der Waals surface area (Å²) in [5.74, 6) is -0.729. The third kappa shape index (κ3) is 5.23. The zero-order chi connectivity index (χ0) is 17.8. The van der Waals surface area contributed by atoms with E-state index in [-0.39, 0.29) is 42.4 Å². The van der Waals surface area contributed by atoms with Crippen molar-refractivity contribution in [3.8, 4) is 0 Å². The lowest BCUT2D eigenvalue weighted by Crippen LogP contribution is -2.30. The van der Waals surface area contributed by atoms with Crippen LogP contribution in [0.3, 0.4) is 0 Å². The number of nitrogens with one attached hydrogen (secondary N) is 1. The Kier molecular flexibility index (Phi) is 5.64. The molecule has 0 saturated heterocycles. The Bertz CT molecular complexity index is 718. The summed E-state index contributed by atoms with van der Waals surface area (Å²) in [5.41, 5.74) is 0.760. The number of hydrogen-bond acceptors (Lipinski definition) is 5. The van der Waals surface area contributed by atoms with E-state index < -0.39 is 6.43 Å². The Morgan fingerprint density at radius 2 is 2.00 bits per heavy atom. The summed E-state index contributed by atoms with van der Waals surface area (Å²) in [4.78, 5) is 13.8. The minimum atomic E-state index is -2.40. The number of benzene rings is 1. The van der Waals surface area contributed by atoms with Crippen molar-refractivity contribution < 1.29 is 18.0 Å². The largest absolute Gasteiger partial charge is 0.346 e. The molecular weight excluding hydrogens is 353 g/mol. The number of rotatable bonds is 8. The average molecular weight is 370 g/mol. The molecular formula is C16H17F3N4OS. The normalized spacial score (nSPS) is 14.3. The van der Waals surface area contributed by atoms with Crippen molar-refractivity contribution in [1.82, 2.24) is 20.4 Å². The number of halogens is 3. The Hall–Kier alpha value is -2.00. The Balaban J connectivity index is 1.54. The molecule has 134 valence electrons. The number of amides is 1. The summed E-state index contributed by atoms with van der Waals surface area (Å²) >= 11 is 1.10. The van der Waals surface area contributed by atoms with Crippen LogP contribution >= 0.6 is 11.3 Å². The van der Waals surface area contributed by atoms with Crippen molar-refractivity contribution >= 4 is 17.2 Å². The van der Waals surface area contributed by atoms with E-state index in [2.05, 4.69) is 15.5 Å². The number of aromatic nitrogens is 2. The number of hydrogen-bond donors (Lipinski definition) is 1. The monoisotopic (exact) mass is 370 g/mol. The molecule has 0 atom stereocenters. The first-order valence-corrected chi connectivity index (χ1v) is 8.70. The molecule has 3 rings (SSSR count). The molecule has 25 heavy (non-hydrogen) atoms. The fraction of sp³-hybridized carbons (Fsp3) is 0.438. The highest BCUT2D eigenvalue weighted by molar-refractivity contribution is 7.13. The minimum Gasteiger partial charge on any atom is -0.346 e. The van der Waals surface area contributed by atoms with Gasteiger partial charge in [-0.2, -0.15) is 0 Å². The Labute approximate surface area is 146 Å². The second kappa shape index (κ2) is 7.92. The molecule has 0 radical (unpaired) electrons. The molecule has 1 amide bonds. The van der Waals surface area contributed by atoms with Gasteiger partial charge < -0.3 is 5.32 Å². The molecule has 5 nitrogen and oxygen atoms in total. The predicted octanol–water partition coefficient (Wildman–Crippen LogP) is 2.84. The van der Waals surface area contributed by atoms with Gasteiger partial charge in [0.15, 0.2) is 0 Å². The summed E-state index contributed by atoms with van der Waals surface area (Å²) in [5, 5.41) is 11.2. The maximum absolute atomic E-state index is 12.8. The molecule has 1 N–H and O–H groups in total. The zero-order valence-corrected chi connectivity index (χ0v) is 14.1. The van der Waals surface area contributed by atoms with Crippen molar-refractivity contribution in [3.05, 3.63) is 45.7 Å². The first kappa shape index (κ1) is 17.8. The molecule has 0 aliphatic heterocycles. The fourth-order valence-electron chi connectivity index (χ4n) is 2.40. The number of carbonyl (C=O) groups is 1. The maximum Gasteiger partial charge on any atom is 0.282 e. The van der Waals surface area contributed by atoms with Gasteiger partial charge in [-0.1, -0.05) is 23.5 Å². The smallest absolute Gasteiger partial charge is 0.282 e. The van der Waals surface area contributed by atoms with Gasteiger partial charge in [0.2, 0.25) is 5.01 Å². The zero-order valence-electron chi connectivity index (χ0n) is 13.3. The van der Waals surface area contributed by atoms with E-state index in [4.69, 9.17) is 0 Å². The van der Waals surface area contributed by atoms with Crippen LogP contribution in [0.15, 0.2) is 24.3 Å². The van der Waals surface area contributed by atoms with Crippen molar-refractivity contribution in [2.45, 2.75) is 38.4 Å². The van der Waals surface area contributed by atoms with E-state index in [1.54, 1.807) is 17.0 Å². The van der Waals surface area contributed by atoms with Gasteiger partial charge in [0.25, 0.3) is 12.3 Å². The van der Waals surface area contributed by atoms with E-state index in [9.17, 15) is 18.0 Å². The summed E-state index contributed by atoms with van der Waals surface area (Å²) in [6.45, 7) is 0.224. The SMILES string of the molecule is O=C(NCc1ccc(F)cc1)c1nnc(CN(CC(F)F)C2CC2)s1. The van der Waals surface area contributed by atoms with Crippen LogP contribution in [0.4, 0.5) is 13.2 Å². The molecule has 9 heteroatoms. The summed E-state index contributed by atoms with van der Waals surface area (Å²) in [7, 11) is 0. The van der Waals surface area contributed by atoms with Crippen LogP contribution in [0.25, 0.3) is 0 Å². The average Bonchev–Trinajstić information content (AvgIpc) is 3.32. The predicted molar refractivity (Wildman–Crippen MR) is 86.9 cm³/mol. The molecule has 1 heterocycles. The summed E-state index contributed by atoms with van der Waals surface area (Å²) in [6, 6.07) is 5.98. The van der Waals surface area contributed by atoms with Crippen LogP contribution in [0.5, 0.6) is 0 Å². The molecule has 1 aromatic heterocycles. The van der Waals surface area contributed by atoms with Crippen LogP contribution < -0.4 is 5.32 Å². The van der Waals surface area contributed by atoms with E-state index in [1.807, 2.05) is 0 Å². The lowest BCUT2D eigenvalue weighted by atomic mass is 10.2. The van der Waals surface area contributed by atoms with Gasteiger partial charge >= 0.3 is 0 Å². The quantitative estimate of drug-likeness (QED) is 0.776. The Morgan fingerprint density at radius 3 is 2.64 bits per heavy atom. The van der Waals surface area contributed by atoms with Crippen molar-refractivity contribution in [2.24, 2.45) is 0 Å². The van der Waals surface area contributed by atoms with Crippen LogP contribution in [0.2, 0.25) is 0 Å². The van der Waals surface area contributed by atoms with Gasteiger partial charge in [-0.3, -0.25) is 9.69 Å². The van der Waals surface area contributed by atoms with E-state index in [0.29, 0.717) is 5.01 Å². The highest BCUT2D eigenvalue weighted by Crippen LogP contribution is 2.29. The standard InChI is InChI=1S/C16H17F3N4OS/c17-11-3-1-10(2-4-11)7-20-15(24)16-22-21-14(25-16)9-23(8-13(18)19)12-5-6-12/h1-4,12-13H,5-9H2,(H,20,24). The molecule has 1 fully saturated rings. The van der Waals surface area contributed by atoms with E-state index >= 15 is 0 Å². The molecule has 1 saturated carbocycles. The van der Waals surface area contributed by atoms with Gasteiger partial charge in [0.1, 0.15) is 10.8 Å². The molecule has 0 spiro atoms. The number of carbonyl (C=O) groups excluding carboxylic acids is 1. The van der Waals surface area contributed by atoms with Gasteiger partial charge in [-0.15, -0.1) is 10.2 Å². The number of alkyl halides is 2. The van der Waals surface area contributed by atoms with Crippen molar-refractivity contribution in [2.75, 3.05) is 6.54 Å². The summed E-state index contributed by atoms with van der Waals surface area (Å²) in [6.07, 6.45) is -0.570. The lowest BCUT2D eigenvalue weighted by molar-refractivity contribution is 0.0804. The highest BCUT2D eigenvalue weighted by atomic mass is 32.1. The van der Waals surface area contributed by atoms with Gasteiger partial charge in [-0.25, -0.2) is 13.2 Å². The Morgan fingerprint density at radius 1 is 1.28 bits per heavy atom. The van der Waals surface area contributed by atoms with Crippen LogP contribution in [0.1, 0.15) is 33.2 Å². The molecule has 1 aliphatic rings. The van der Waals surface area contributed by atoms with E-state index in [1.165, 1.54) is 12.1 Å². The van der Waals surface area contributed by atoms with Gasteiger partial charge in [-0.05, 0) is 30.5 Å². The molecule has 2 aromatic rings. The molecule has 0 bridgehead atoms. The number of nitrogens with zero attached hydrogens (tertiary/aromatic N) is 3. The van der Waals surface area contributed by atoms with Crippen LogP contribution in [-0.4, -0.2) is 40.0 Å². The second-order valence-corrected chi connectivity index (χ2v) is 6.92. The van der Waals surface area contributed by atoms with E-state index in [0.717, 1.165) is 29.7 Å². The molecule has 0 unspecified atom stereocenters.